The highest BCUT2D eigenvalue weighted by Crippen LogP contribution is 2.28. The molecule has 0 bridgehead atoms. The zero-order valence-corrected chi connectivity index (χ0v) is 12.8. The molecule has 120 valence electrons. The lowest BCUT2D eigenvalue weighted by atomic mass is 9.81. The number of non-ortho nitro benzene ring substituents is 1. The maximum Gasteiger partial charge on any atom is 0.270 e. The molecule has 1 saturated heterocycles. The van der Waals surface area contributed by atoms with E-state index in [1.54, 1.807) is 0 Å². The number of benzene rings is 1. The highest BCUT2D eigenvalue weighted by molar-refractivity contribution is 5.97. The summed E-state index contributed by atoms with van der Waals surface area (Å²) in [6.45, 7) is 4.55. The first kappa shape index (κ1) is 16.2. The SMILES string of the molecule is COc1ccc([N+](=O)[O-])cc1C(=O)NCC1(C)CCNCC1. The van der Waals surface area contributed by atoms with Gasteiger partial charge in [-0.05, 0) is 37.4 Å². The lowest BCUT2D eigenvalue weighted by Crippen LogP contribution is -2.42. The molecular weight excluding hydrogens is 286 g/mol. The highest BCUT2D eigenvalue weighted by atomic mass is 16.6. The molecule has 1 heterocycles. The molecular formula is C15H21N3O4. The molecule has 1 aromatic rings. The number of piperidine rings is 1. The smallest absolute Gasteiger partial charge is 0.270 e. The summed E-state index contributed by atoms with van der Waals surface area (Å²) >= 11 is 0. The molecule has 2 rings (SSSR count). The lowest BCUT2D eigenvalue weighted by Gasteiger charge is -2.34. The summed E-state index contributed by atoms with van der Waals surface area (Å²) in [4.78, 5) is 22.7. The Morgan fingerprint density at radius 3 is 2.73 bits per heavy atom. The van der Waals surface area contributed by atoms with Gasteiger partial charge < -0.3 is 15.4 Å². The fourth-order valence-corrected chi connectivity index (χ4v) is 2.58. The number of hydrogen-bond donors (Lipinski definition) is 2. The Hall–Kier alpha value is -2.15. The third-order valence-corrected chi connectivity index (χ3v) is 4.12. The normalized spacial score (nSPS) is 16.8. The van der Waals surface area contributed by atoms with Crippen molar-refractivity contribution in [3.05, 3.63) is 33.9 Å². The van der Waals surface area contributed by atoms with Gasteiger partial charge in [0.1, 0.15) is 5.75 Å². The second kappa shape index (κ2) is 6.74. The number of ether oxygens (including phenoxy) is 1. The van der Waals surface area contributed by atoms with Crippen molar-refractivity contribution in [3.63, 3.8) is 0 Å². The number of amides is 1. The molecule has 0 spiro atoms. The van der Waals surface area contributed by atoms with E-state index in [0.29, 0.717) is 12.3 Å². The van der Waals surface area contributed by atoms with E-state index >= 15 is 0 Å². The van der Waals surface area contributed by atoms with Crippen molar-refractivity contribution in [2.45, 2.75) is 19.8 Å². The molecule has 2 N–H and O–H groups in total. The molecule has 0 saturated carbocycles. The number of nitro benzene ring substituents is 1. The van der Waals surface area contributed by atoms with Crippen molar-refractivity contribution < 1.29 is 14.5 Å². The van der Waals surface area contributed by atoms with Crippen LogP contribution in [0.3, 0.4) is 0 Å². The van der Waals surface area contributed by atoms with Crippen LogP contribution in [0.25, 0.3) is 0 Å². The van der Waals surface area contributed by atoms with Gasteiger partial charge in [-0.2, -0.15) is 0 Å². The van der Waals surface area contributed by atoms with E-state index in [1.807, 2.05) is 0 Å². The van der Waals surface area contributed by atoms with Gasteiger partial charge in [-0.25, -0.2) is 0 Å². The largest absolute Gasteiger partial charge is 0.496 e. The molecule has 1 aromatic carbocycles. The average Bonchev–Trinajstić information content (AvgIpc) is 2.52. The summed E-state index contributed by atoms with van der Waals surface area (Å²) in [5.74, 6) is -0.0149. The molecule has 1 aliphatic rings. The Morgan fingerprint density at radius 1 is 1.45 bits per heavy atom. The second-order valence-electron chi connectivity index (χ2n) is 5.89. The van der Waals surface area contributed by atoms with E-state index in [4.69, 9.17) is 4.74 Å². The van der Waals surface area contributed by atoms with Crippen LogP contribution < -0.4 is 15.4 Å². The van der Waals surface area contributed by atoms with E-state index < -0.39 is 4.92 Å². The molecule has 1 amide bonds. The molecule has 0 unspecified atom stereocenters. The van der Waals surface area contributed by atoms with Gasteiger partial charge in [0.2, 0.25) is 0 Å². The van der Waals surface area contributed by atoms with Crippen LogP contribution in [0.1, 0.15) is 30.1 Å². The van der Waals surface area contributed by atoms with Gasteiger partial charge in [0.15, 0.2) is 0 Å². The van der Waals surface area contributed by atoms with Crippen LogP contribution in [0, 0.1) is 15.5 Å². The minimum absolute atomic E-state index is 0.0505. The molecule has 1 fully saturated rings. The molecule has 0 aliphatic carbocycles. The zero-order valence-electron chi connectivity index (χ0n) is 12.8. The van der Waals surface area contributed by atoms with Crippen LogP contribution in [0.5, 0.6) is 5.75 Å². The summed E-state index contributed by atoms with van der Waals surface area (Å²) < 4.78 is 5.12. The van der Waals surface area contributed by atoms with Crippen molar-refractivity contribution in [3.8, 4) is 5.75 Å². The van der Waals surface area contributed by atoms with Crippen LogP contribution in [0.15, 0.2) is 18.2 Å². The number of carbonyl (C=O) groups is 1. The summed E-state index contributed by atoms with van der Waals surface area (Å²) in [5.41, 5.74) is 0.114. The standard InChI is InChI=1S/C15H21N3O4/c1-15(5-7-16-8-6-15)10-17-14(19)12-9-11(18(20)21)3-4-13(12)22-2/h3-4,9,16H,5-8,10H2,1-2H3,(H,17,19). The minimum Gasteiger partial charge on any atom is -0.496 e. The Bertz CT molecular complexity index is 568. The Labute approximate surface area is 129 Å². The van der Waals surface area contributed by atoms with Crippen LogP contribution in [-0.4, -0.2) is 37.6 Å². The summed E-state index contributed by atoms with van der Waals surface area (Å²) in [6, 6.07) is 4.02. The first-order valence-electron chi connectivity index (χ1n) is 7.26. The number of rotatable bonds is 5. The van der Waals surface area contributed by atoms with Crippen LogP contribution in [-0.2, 0) is 0 Å². The molecule has 7 heteroatoms. The van der Waals surface area contributed by atoms with Crippen LogP contribution >= 0.6 is 0 Å². The van der Waals surface area contributed by atoms with E-state index in [1.165, 1.54) is 25.3 Å². The Morgan fingerprint density at radius 2 is 2.14 bits per heavy atom. The number of nitrogens with zero attached hydrogens (tertiary/aromatic N) is 1. The van der Waals surface area contributed by atoms with Gasteiger partial charge in [0.25, 0.3) is 11.6 Å². The minimum atomic E-state index is -0.523. The fourth-order valence-electron chi connectivity index (χ4n) is 2.58. The van der Waals surface area contributed by atoms with Gasteiger partial charge in [-0.15, -0.1) is 0 Å². The second-order valence-corrected chi connectivity index (χ2v) is 5.89. The van der Waals surface area contributed by atoms with Crippen molar-refractivity contribution >= 4 is 11.6 Å². The first-order chi connectivity index (χ1) is 10.4. The van der Waals surface area contributed by atoms with E-state index in [0.717, 1.165) is 25.9 Å². The van der Waals surface area contributed by atoms with Crippen molar-refractivity contribution in [1.82, 2.24) is 10.6 Å². The van der Waals surface area contributed by atoms with Gasteiger partial charge >= 0.3 is 0 Å². The Kier molecular flexibility index (Phi) is 4.97. The maximum absolute atomic E-state index is 12.4. The van der Waals surface area contributed by atoms with Crippen LogP contribution in [0.2, 0.25) is 0 Å². The fraction of sp³-hybridized carbons (Fsp3) is 0.533. The average molecular weight is 307 g/mol. The topological polar surface area (TPSA) is 93.5 Å². The Balaban J connectivity index is 2.11. The van der Waals surface area contributed by atoms with E-state index in [2.05, 4.69) is 17.6 Å². The summed E-state index contributed by atoms with van der Waals surface area (Å²) in [5, 5.41) is 17.0. The molecule has 22 heavy (non-hydrogen) atoms. The number of nitrogens with one attached hydrogen (secondary N) is 2. The van der Waals surface area contributed by atoms with Crippen molar-refractivity contribution in [2.24, 2.45) is 5.41 Å². The predicted octanol–water partition coefficient (Wildman–Crippen LogP) is 1.72. The van der Waals surface area contributed by atoms with E-state index in [-0.39, 0.29) is 22.6 Å². The van der Waals surface area contributed by atoms with Gasteiger partial charge in [0, 0.05) is 18.7 Å². The van der Waals surface area contributed by atoms with Gasteiger partial charge in [-0.1, -0.05) is 6.92 Å². The number of nitro groups is 1. The summed E-state index contributed by atoms with van der Waals surface area (Å²) in [6.07, 6.45) is 1.97. The highest BCUT2D eigenvalue weighted by Gasteiger charge is 2.28. The quantitative estimate of drug-likeness (QED) is 0.638. The number of hydrogen-bond acceptors (Lipinski definition) is 5. The van der Waals surface area contributed by atoms with Crippen molar-refractivity contribution in [1.29, 1.82) is 0 Å². The molecule has 7 nitrogen and oxygen atoms in total. The monoisotopic (exact) mass is 307 g/mol. The predicted molar refractivity (Wildman–Crippen MR) is 82.2 cm³/mol. The molecule has 0 aromatic heterocycles. The van der Waals surface area contributed by atoms with Crippen molar-refractivity contribution in [2.75, 3.05) is 26.7 Å². The maximum atomic E-state index is 12.4. The summed E-state index contributed by atoms with van der Waals surface area (Å²) in [7, 11) is 1.44. The third-order valence-electron chi connectivity index (χ3n) is 4.12. The van der Waals surface area contributed by atoms with Gasteiger partial charge in [0.05, 0.1) is 17.6 Å². The third kappa shape index (κ3) is 3.73. The molecule has 1 aliphatic heterocycles. The molecule has 0 radical (unpaired) electrons. The molecule has 0 atom stereocenters. The first-order valence-corrected chi connectivity index (χ1v) is 7.26. The number of methoxy groups -OCH3 is 1. The zero-order chi connectivity index (χ0) is 16.2. The number of carbonyl (C=O) groups excluding carboxylic acids is 1. The van der Waals surface area contributed by atoms with Gasteiger partial charge in [-0.3, -0.25) is 14.9 Å². The van der Waals surface area contributed by atoms with Crippen LogP contribution in [0.4, 0.5) is 5.69 Å². The van der Waals surface area contributed by atoms with E-state index in [9.17, 15) is 14.9 Å². The lowest BCUT2D eigenvalue weighted by molar-refractivity contribution is -0.384.